The number of halogens is 1. The lowest BCUT2D eigenvalue weighted by molar-refractivity contribution is 0.178. The van der Waals surface area contributed by atoms with Crippen LogP contribution in [0.2, 0.25) is 0 Å². The quantitative estimate of drug-likeness (QED) is 0.810. The first-order valence-corrected chi connectivity index (χ1v) is 9.04. The van der Waals surface area contributed by atoms with E-state index in [1.54, 1.807) is 24.3 Å². The van der Waals surface area contributed by atoms with Crippen LogP contribution in [0.4, 0.5) is 0 Å². The van der Waals surface area contributed by atoms with Gasteiger partial charge in [0.05, 0.1) is 16.9 Å². The normalized spacial score (nSPS) is 19.1. The number of nitriles is 1. The molecule has 5 nitrogen and oxygen atoms in total. The Morgan fingerprint density at radius 2 is 1.81 bits per heavy atom. The second-order valence-electron chi connectivity index (χ2n) is 5.19. The summed E-state index contributed by atoms with van der Waals surface area (Å²) < 4.78 is 27.4. The maximum atomic E-state index is 12.5. The molecule has 0 bridgehead atoms. The van der Waals surface area contributed by atoms with E-state index < -0.39 is 10.0 Å². The second kappa shape index (κ2) is 6.88. The lowest BCUT2D eigenvalue weighted by atomic mass is 10.2. The van der Waals surface area contributed by atoms with Crippen molar-refractivity contribution in [3.8, 4) is 6.07 Å². The fraction of sp³-hybridized carbons (Fsp3) is 0.500. The SMILES string of the molecule is C[C@H](C#N)CN1CCN(S(=O)(=O)c2ccc(Br)cc2)CC1. The highest BCUT2D eigenvalue weighted by Crippen LogP contribution is 2.20. The third-order valence-electron chi connectivity index (χ3n) is 3.54. The Balaban J connectivity index is 2.01. The molecule has 1 heterocycles. The maximum absolute atomic E-state index is 12.5. The molecule has 0 saturated carbocycles. The van der Waals surface area contributed by atoms with Crippen LogP contribution >= 0.6 is 15.9 Å². The van der Waals surface area contributed by atoms with E-state index in [1.165, 1.54) is 4.31 Å². The van der Waals surface area contributed by atoms with Crippen LogP contribution in [-0.4, -0.2) is 50.3 Å². The lowest BCUT2D eigenvalue weighted by Gasteiger charge is -2.34. The van der Waals surface area contributed by atoms with Gasteiger partial charge in [-0.1, -0.05) is 15.9 Å². The van der Waals surface area contributed by atoms with Crippen LogP contribution in [-0.2, 0) is 10.0 Å². The summed E-state index contributed by atoms with van der Waals surface area (Å²) >= 11 is 3.30. The van der Waals surface area contributed by atoms with Gasteiger partial charge in [-0.3, -0.25) is 4.90 Å². The lowest BCUT2D eigenvalue weighted by Crippen LogP contribution is -2.49. The van der Waals surface area contributed by atoms with E-state index in [9.17, 15) is 8.42 Å². The smallest absolute Gasteiger partial charge is 0.243 e. The summed E-state index contributed by atoms with van der Waals surface area (Å²) in [6.07, 6.45) is 0. The monoisotopic (exact) mass is 371 g/mol. The molecule has 1 atom stereocenters. The van der Waals surface area contributed by atoms with E-state index in [4.69, 9.17) is 5.26 Å². The van der Waals surface area contributed by atoms with Gasteiger partial charge in [-0.15, -0.1) is 0 Å². The molecule has 0 aliphatic carbocycles. The van der Waals surface area contributed by atoms with Crippen molar-refractivity contribution < 1.29 is 8.42 Å². The first kappa shape index (κ1) is 16.4. The molecule has 1 aromatic rings. The van der Waals surface area contributed by atoms with Crippen LogP contribution < -0.4 is 0 Å². The summed E-state index contributed by atoms with van der Waals surface area (Å²) in [5.74, 6) is -0.0281. The minimum atomic E-state index is -3.42. The first-order chi connectivity index (χ1) is 9.93. The Kier molecular flexibility index (Phi) is 5.38. The number of piperazine rings is 1. The summed E-state index contributed by atoms with van der Waals surface area (Å²) in [6.45, 7) is 4.85. The molecule has 0 aromatic heterocycles. The Bertz CT molecular complexity index is 617. The van der Waals surface area contributed by atoms with Gasteiger partial charge in [-0.25, -0.2) is 8.42 Å². The summed E-state index contributed by atoms with van der Waals surface area (Å²) in [7, 11) is -3.42. The van der Waals surface area contributed by atoms with Crippen molar-refractivity contribution in [2.75, 3.05) is 32.7 Å². The number of hydrogen-bond donors (Lipinski definition) is 0. The highest BCUT2D eigenvalue weighted by molar-refractivity contribution is 9.10. The van der Waals surface area contributed by atoms with Gasteiger partial charge in [-0.2, -0.15) is 9.57 Å². The van der Waals surface area contributed by atoms with E-state index in [0.29, 0.717) is 37.6 Å². The Morgan fingerprint density at radius 1 is 1.24 bits per heavy atom. The van der Waals surface area contributed by atoms with E-state index in [1.807, 2.05) is 6.92 Å². The largest absolute Gasteiger partial charge is 0.299 e. The van der Waals surface area contributed by atoms with Gasteiger partial charge in [0.25, 0.3) is 0 Å². The Labute approximate surface area is 134 Å². The summed E-state index contributed by atoms with van der Waals surface area (Å²) in [4.78, 5) is 2.46. The molecule has 2 rings (SSSR count). The molecule has 0 radical (unpaired) electrons. The molecule has 0 unspecified atom stereocenters. The van der Waals surface area contributed by atoms with E-state index in [0.717, 1.165) is 4.47 Å². The average Bonchev–Trinajstić information content (AvgIpc) is 2.48. The van der Waals surface area contributed by atoms with Gasteiger partial charge in [0.1, 0.15) is 0 Å². The molecular formula is C14H18BrN3O2S. The molecule has 1 fully saturated rings. The minimum absolute atomic E-state index is 0.0281. The number of nitrogens with zero attached hydrogens (tertiary/aromatic N) is 3. The maximum Gasteiger partial charge on any atom is 0.243 e. The van der Waals surface area contributed by atoms with Crippen molar-refractivity contribution >= 4 is 26.0 Å². The van der Waals surface area contributed by atoms with E-state index in [-0.39, 0.29) is 5.92 Å². The number of hydrogen-bond acceptors (Lipinski definition) is 4. The topological polar surface area (TPSA) is 64.4 Å². The van der Waals surface area contributed by atoms with Crippen molar-refractivity contribution in [2.24, 2.45) is 5.92 Å². The van der Waals surface area contributed by atoms with Gasteiger partial charge in [-0.05, 0) is 31.2 Å². The van der Waals surface area contributed by atoms with Gasteiger partial charge in [0.15, 0.2) is 0 Å². The van der Waals surface area contributed by atoms with Crippen LogP contribution in [0.25, 0.3) is 0 Å². The molecule has 114 valence electrons. The third kappa shape index (κ3) is 4.04. The van der Waals surface area contributed by atoms with Gasteiger partial charge in [0, 0.05) is 37.2 Å². The van der Waals surface area contributed by atoms with Crippen LogP contribution in [0.3, 0.4) is 0 Å². The van der Waals surface area contributed by atoms with Gasteiger partial charge in [0.2, 0.25) is 10.0 Å². The molecule has 1 aliphatic rings. The van der Waals surface area contributed by atoms with Crippen molar-refractivity contribution in [3.05, 3.63) is 28.7 Å². The zero-order valence-corrected chi connectivity index (χ0v) is 14.3. The molecule has 7 heteroatoms. The van der Waals surface area contributed by atoms with Crippen LogP contribution in [0.5, 0.6) is 0 Å². The minimum Gasteiger partial charge on any atom is -0.299 e. The standard InChI is InChI=1S/C14H18BrN3O2S/c1-12(10-16)11-17-6-8-18(9-7-17)21(19,20)14-4-2-13(15)3-5-14/h2-5,12H,6-9,11H2,1H3/t12-/m1/s1. The Morgan fingerprint density at radius 3 is 2.33 bits per heavy atom. The molecule has 1 aliphatic heterocycles. The number of rotatable bonds is 4. The molecule has 0 amide bonds. The van der Waals surface area contributed by atoms with Gasteiger partial charge < -0.3 is 0 Å². The highest BCUT2D eigenvalue weighted by Gasteiger charge is 2.28. The molecule has 1 saturated heterocycles. The van der Waals surface area contributed by atoms with Crippen molar-refractivity contribution in [1.29, 1.82) is 5.26 Å². The first-order valence-electron chi connectivity index (χ1n) is 6.81. The number of sulfonamides is 1. The van der Waals surface area contributed by atoms with Crippen molar-refractivity contribution in [2.45, 2.75) is 11.8 Å². The predicted molar refractivity (Wildman–Crippen MR) is 84.1 cm³/mol. The second-order valence-corrected chi connectivity index (χ2v) is 8.04. The van der Waals surface area contributed by atoms with E-state index in [2.05, 4.69) is 26.9 Å². The molecule has 21 heavy (non-hydrogen) atoms. The third-order valence-corrected chi connectivity index (χ3v) is 5.98. The summed E-state index contributed by atoms with van der Waals surface area (Å²) in [5, 5.41) is 8.83. The summed E-state index contributed by atoms with van der Waals surface area (Å²) in [5.41, 5.74) is 0. The fourth-order valence-corrected chi connectivity index (χ4v) is 4.02. The number of benzene rings is 1. The average molecular weight is 372 g/mol. The van der Waals surface area contributed by atoms with Crippen molar-refractivity contribution in [3.63, 3.8) is 0 Å². The molecule has 1 aromatic carbocycles. The highest BCUT2D eigenvalue weighted by atomic mass is 79.9. The van der Waals surface area contributed by atoms with Crippen LogP contribution in [0.1, 0.15) is 6.92 Å². The Hall–Kier alpha value is -0.940. The van der Waals surface area contributed by atoms with Gasteiger partial charge >= 0.3 is 0 Å². The summed E-state index contributed by atoms with van der Waals surface area (Å²) in [6, 6.07) is 8.90. The zero-order chi connectivity index (χ0) is 15.5. The zero-order valence-electron chi connectivity index (χ0n) is 11.9. The predicted octanol–water partition coefficient (Wildman–Crippen LogP) is 1.92. The molecule has 0 N–H and O–H groups in total. The molecule has 0 spiro atoms. The molecular weight excluding hydrogens is 354 g/mol. The van der Waals surface area contributed by atoms with Crippen molar-refractivity contribution in [1.82, 2.24) is 9.21 Å². The van der Waals surface area contributed by atoms with Crippen LogP contribution in [0, 0.1) is 17.2 Å². The van der Waals surface area contributed by atoms with E-state index >= 15 is 0 Å². The fourth-order valence-electron chi connectivity index (χ4n) is 2.34. The van der Waals surface area contributed by atoms with Crippen LogP contribution in [0.15, 0.2) is 33.6 Å².